The normalized spacial score (nSPS) is 15.4. The van der Waals surface area contributed by atoms with Crippen LogP contribution < -0.4 is 20.4 Å². The van der Waals surface area contributed by atoms with Gasteiger partial charge in [0.2, 0.25) is 5.91 Å². The molecule has 2 aromatic carbocycles. The molecule has 2 aliphatic heterocycles. The fraction of sp³-hybridized carbons (Fsp3) is 0.419. The van der Waals surface area contributed by atoms with Gasteiger partial charge in [0.1, 0.15) is 5.69 Å². The molecule has 3 aromatic rings. The zero-order chi connectivity index (χ0) is 28.9. The Labute approximate surface area is 245 Å². The highest BCUT2D eigenvalue weighted by Gasteiger charge is 2.23. The summed E-state index contributed by atoms with van der Waals surface area (Å²) in [5.74, 6) is -0.307. The molecule has 10 heteroatoms. The Morgan fingerprint density at radius 1 is 0.927 bits per heavy atom. The van der Waals surface area contributed by atoms with Gasteiger partial charge in [-0.2, -0.15) is 0 Å². The third-order valence-corrected chi connectivity index (χ3v) is 8.51. The number of likely N-dealkylation sites (tertiary alicyclic amines) is 1. The number of rotatable bonds is 9. The van der Waals surface area contributed by atoms with Crippen molar-refractivity contribution in [2.75, 3.05) is 60.9 Å². The fourth-order valence-corrected chi connectivity index (χ4v) is 6.16. The van der Waals surface area contributed by atoms with Gasteiger partial charge in [0.05, 0.1) is 16.4 Å². The number of hydrogen-bond donors (Lipinski definition) is 2. The van der Waals surface area contributed by atoms with Crippen LogP contribution in [0.3, 0.4) is 0 Å². The molecule has 2 saturated heterocycles. The van der Waals surface area contributed by atoms with Crippen molar-refractivity contribution in [3.63, 3.8) is 0 Å². The van der Waals surface area contributed by atoms with Crippen molar-refractivity contribution < 1.29 is 14.4 Å². The molecule has 41 heavy (non-hydrogen) atoms. The lowest BCUT2D eigenvalue weighted by Gasteiger charge is -2.38. The van der Waals surface area contributed by atoms with Crippen LogP contribution in [0.15, 0.2) is 41.8 Å². The molecule has 0 bridgehead atoms. The molecule has 0 spiro atoms. The predicted molar refractivity (Wildman–Crippen MR) is 164 cm³/mol. The van der Waals surface area contributed by atoms with E-state index in [-0.39, 0.29) is 17.7 Å². The van der Waals surface area contributed by atoms with Crippen LogP contribution in [0.5, 0.6) is 0 Å². The van der Waals surface area contributed by atoms with Crippen LogP contribution >= 0.6 is 11.3 Å². The van der Waals surface area contributed by atoms with Crippen LogP contribution in [0.1, 0.15) is 56.2 Å². The van der Waals surface area contributed by atoms with E-state index in [0.29, 0.717) is 42.9 Å². The highest BCUT2D eigenvalue weighted by atomic mass is 32.1. The Hall–Kier alpha value is -3.92. The number of piperazine rings is 1. The highest BCUT2D eigenvalue weighted by Crippen LogP contribution is 2.31. The summed E-state index contributed by atoms with van der Waals surface area (Å²) in [5.41, 5.74) is 6.10. The van der Waals surface area contributed by atoms with Gasteiger partial charge < -0.3 is 25.3 Å². The molecule has 0 aliphatic carbocycles. The maximum atomic E-state index is 13.1. The van der Waals surface area contributed by atoms with Crippen molar-refractivity contribution in [3.05, 3.63) is 69.2 Å². The Kier molecular flexibility index (Phi) is 8.87. The van der Waals surface area contributed by atoms with Crippen LogP contribution in [0.2, 0.25) is 0 Å². The van der Waals surface area contributed by atoms with Crippen LogP contribution in [0.25, 0.3) is 0 Å². The first kappa shape index (κ1) is 28.6. The maximum absolute atomic E-state index is 13.1. The van der Waals surface area contributed by atoms with E-state index >= 15 is 0 Å². The summed E-state index contributed by atoms with van der Waals surface area (Å²) in [7, 11) is 0. The summed E-state index contributed by atoms with van der Waals surface area (Å²) < 4.78 is 0. The molecule has 3 heterocycles. The number of nitrogens with zero attached hydrogens (tertiary/aromatic N) is 4. The number of nitrogens with one attached hydrogen (secondary N) is 2. The molecular formula is C31H38N6O3S. The summed E-state index contributed by atoms with van der Waals surface area (Å²) in [4.78, 5) is 48.8. The number of carbonyl (C=O) groups excluding carboxylic acids is 3. The van der Waals surface area contributed by atoms with Crippen LogP contribution in [-0.4, -0.2) is 73.4 Å². The van der Waals surface area contributed by atoms with E-state index < -0.39 is 0 Å². The first-order valence-corrected chi connectivity index (χ1v) is 15.2. The van der Waals surface area contributed by atoms with E-state index in [1.54, 1.807) is 11.4 Å². The molecule has 216 valence electrons. The number of benzene rings is 2. The number of hydrogen-bond acceptors (Lipinski definition) is 7. The van der Waals surface area contributed by atoms with Crippen molar-refractivity contribution in [1.82, 2.24) is 15.2 Å². The minimum atomic E-state index is -0.294. The second-order valence-electron chi connectivity index (χ2n) is 10.8. The number of thiazole rings is 1. The van der Waals surface area contributed by atoms with Gasteiger partial charge in [0.25, 0.3) is 11.8 Å². The predicted octanol–water partition coefficient (Wildman–Crippen LogP) is 4.39. The summed E-state index contributed by atoms with van der Waals surface area (Å²) in [6, 6.07) is 12.0. The lowest BCUT2D eigenvalue weighted by molar-refractivity contribution is -0.127. The van der Waals surface area contributed by atoms with Gasteiger partial charge in [0.15, 0.2) is 0 Å². The lowest BCUT2D eigenvalue weighted by Crippen LogP contribution is -2.47. The SMILES string of the molecule is Cc1ccc(N2CCN(c3ccc(C(=O)NCCCN4CCCC4=O)cc3NC(=O)c3csc(C)n3)CC2)c(C)c1. The van der Waals surface area contributed by atoms with Crippen molar-refractivity contribution in [2.45, 2.75) is 40.0 Å². The third kappa shape index (κ3) is 6.87. The van der Waals surface area contributed by atoms with Gasteiger partial charge in [0, 0.05) is 68.9 Å². The minimum absolute atomic E-state index is 0.192. The second-order valence-corrected chi connectivity index (χ2v) is 11.9. The van der Waals surface area contributed by atoms with E-state index in [9.17, 15) is 14.4 Å². The summed E-state index contributed by atoms with van der Waals surface area (Å²) in [6.07, 6.45) is 2.23. The standard InChI is InChI=1S/C31H38N6O3S/c1-21-7-9-27(22(2)18-21)35-14-16-36(17-15-35)28-10-8-24(19-25(28)34-31(40)26-20-41-23(3)33-26)30(39)32-11-5-13-37-12-4-6-29(37)38/h7-10,18-20H,4-6,11-17H2,1-3H3,(H,32,39)(H,34,40). The molecule has 1 aromatic heterocycles. The zero-order valence-electron chi connectivity index (χ0n) is 24.0. The second kappa shape index (κ2) is 12.7. The quantitative estimate of drug-likeness (QED) is 0.368. The molecule has 2 aliphatic rings. The van der Waals surface area contributed by atoms with Crippen LogP contribution in [0.4, 0.5) is 17.1 Å². The molecule has 0 atom stereocenters. The minimum Gasteiger partial charge on any atom is -0.368 e. The Morgan fingerprint density at radius 2 is 1.66 bits per heavy atom. The average molecular weight is 575 g/mol. The van der Waals surface area contributed by atoms with Crippen LogP contribution in [-0.2, 0) is 4.79 Å². The van der Waals surface area contributed by atoms with E-state index in [1.165, 1.54) is 28.2 Å². The van der Waals surface area contributed by atoms with Gasteiger partial charge in [-0.25, -0.2) is 4.98 Å². The van der Waals surface area contributed by atoms with Gasteiger partial charge in [-0.05, 0) is 63.4 Å². The van der Waals surface area contributed by atoms with Gasteiger partial charge in [-0.15, -0.1) is 11.3 Å². The van der Waals surface area contributed by atoms with E-state index in [1.807, 2.05) is 24.0 Å². The molecule has 5 rings (SSSR count). The maximum Gasteiger partial charge on any atom is 0.275 e. The molecule has 0 radical (unpaired) electrons. The molecule has 0 unspecified atom stereocenters. The molecule has 3 amide bonds. The largest absolute Gasteiger partial charge is 0.368 e. The zero-order valence-corrected chi connectivity index (χ0v) is 24.9. The molecule has 0 saturated carbocycles. The van der Waals surface area contributed by atoms with Crippen molar-refractivity contribution >= 4 is 46.1 Å². The highest BCUT2D eigenvalue weighted by molar-refractivity contribution is 7.09. The number of anilines is 3. The van der Waals surface area contributed by atoms with Crippen molar-refractivity contribution in [2.24, 2.45) is 0 Å². The topological polar surface area (TPSA) is 97.9 Å². The molecule has 9 nitrogen and oxygen atoms in total. The van der Waals surface area contributed by atoms with E-state index in [2.05, 4.69) is 57.5 Å². The Bertz CT molecular complexity index is 1430. The molecule has 2 N–H and O–H groups in total. The number of carbonyl (C=O) groups is 3. The first-order valence-electron chi connectivity index (χ1n) is 14.3. The van der Waals surface area contributed by atoms with Gasteiger partial charge >= 0.3 is 0 Å². The smallest absolute Gasteiger partial charge is 0.275 e. The van der Waals surface area contributed by atoms with Crippen molar-refractivity contribution in [3.8, 4) is 0 Å². The van der Waals surface area contributed by atoms with Crippen molar-refractivity contribution in [1.29, 1.82) is 0 Å². The van der Waals surface area contributed by atoms with E-state index in [4.69, 9.17) is 0 Å². The van der Waals surface area contributed by atoms with Gasteiger partial charge in [-0.3, -0.25) is 14.4 Å². The van der Waals surface area contributed by atoms with Crippen LogP contribution in [0, 0.1) is 20.8 Å². The number of amides is 3. The average Bonchev–Trinajstić information content (AvgIpc) is 3.59. The summed E-state index contributed by atoms with van der Waals surface area (Å²) in [5, 5.41) is 8.56. The molecule has 2 fully saturated rings. The molecular weight excluding hydrogens is 536 g/mol. The Balaban J connectivity index is 1.28. The van der Waals surface area contributed by atoms with E-state index in [0.717, 1.165) is 49.8 Å². The Morgan fingerprint density at radius 3 is 2.32 bits per heavy atom. The summed E-state index contributed by atoms with van der Waals surface area (Å²) >= 11 is 1.43. The monoisotopic (exact) mass is 574 g/mol. The fourth-order valence-electron chi connectivity index (χ4n) is 5.57. The van der Waals surface area contributed by atoms with Gasteiger partial charge in [-0.1, -0.05) is 17.7 Å². The number of aromatic nitrogens is 1. The summed E-state index contributed by atoms with van der Waals surface area (Å²) in [6.45, 7) is 11.3. The third-order valence-electron chi connectivity index (χ3n) is 7.73. The lowest BCUT2D eigenvalue weighted by atomic mass is 10.1. The number of aryl methyl sites for hydroxylation is 3. The first-order chi connectivity index (χ1) is 19.8.